The summed E-state index contributed by atoms with van der Waals surface area (Å²) in [7, 11) is 1.41. The van der Waals surface area contributed by atoms with Crippen molar-refractivity contribution in [3.05, 3.63) is 47.5 Å². The number of carbonyl (C=O) groups excluding carboxylic acids is 2. The summed E-state index contributed by atoms with van der Waals surface area (Å²) in [5, 5.41) is 0. The van der Waals surface area contributed by atoms with Crippen LogP contribution in [-0.2, 0) is 9.53 Å². The minimum atomic E-state index is -0.372. The molecule has 1 aromatic heterocycles. The Labute approximate surface area is 172 Å². The maximum absolute atomic E-state index is 12.2. The van der Waals surface area contributed by atoms with E-state index in [1.807, 2.05) is 12.1 Å². The molecule has 3 saturated carbocycles. The third-order valence-corrected chi connectivity index (χ3v) is 9.00. The highest BCUT2D eigenvalue weighted by molar-refractivity contribution is 6.01. The fourth-order valence-corrected chi connectivity index (χ4v) is 7.56. The molecule has 0 saturated heterocycles. The molecule has 4 nitrogen and oxygen atoms in total. The quantitative estimate of drug-likeness (QED) is 0.625. The lowest BCUT2D eigenvalue weighted by Crippen LogP contribution is -2.49. The molecule has 0 amide bonds. The van der Waals surface area contributed by atoms with Gasteiger partial charge in [0, 0.05) is 11.0 Å². The van der Waals surface area contributed by atoms with Gasteiger partial charge in [0.1, 0.15) is 0 Å². The van der Waals surface area contributed by atoms with E-state index >= 15 is 0 Å². The molecule has 5 rings (SSSR count). The summed E-state index contributed by atoms with van der Waals surface area (Å²) in [6.45, 7) is 4.78. The monoisotopic (exact) mass is 394 g/mol. The van der Waals surface area contributed by atoms with Gasteiger partial charge in [0.2, 0.25) is 5.76 Å². The smallest absolute Gasteiger partial charge is 0.374 e. The van der Waals surface area contributed by atoms with E-state index in [9.17, 15) is 9.59 Å². The molecule has 6 atom stereocenters. The van der Waals surface area contributed by atoms with Crippen LogP contribution in [0.15, 0.2) is 40.5 Å². The van der Waals surface area contributed by atoms with Gasteiger partial charge in [-0.05, 0) is 85.8 Å². The zero-order valence-corrected chi connectivity index (χ0v) is 17.6. The average molecular weight is 395 g/mol. The van der Waals surface area contributed by atoms with E-state index in [2.05, 4.69) is 19.9 Å². The van der Waals surface area contributed by atoms with Crippen molar-refractivity contribution in [3.63, 3.8) is 0 Å². The normalized spacial score (nSPS) is 40.7. The number of methoxy groups -OCH3 is 1. The number of furan rings is 1. The number of ketones is 1. The molecule has 0 N–H and O–H groups in total. The van der Waals surface area contributed by atoms with Gasteiger partial charge in [-0.15, -0.1) is 0 Å². The van der Waals surface area contributed by atoms with Crippen LogP contribution in [0.1, 0.15) is 74.4 Å². The Morgan fingerprint density at radius 2 is 2.00 bits per heavy atom. The second kappa shape index (κ2) is 6.45. The van der Waals surface area contributed by atoms with E-state index in [1.165, 1.54) is 31.9 Å². The van der Waals surface area contributed by atoms with E-state index in [0.29, 0.717) is 29.4 Å². The summed E-state index contributed by atoms with van der Waals surface area (Å²) in [5.74, 6) is 2.43. The highest BCUT2D eigenvalue weighted by Crippen LogP contribution is 2.68. The van der Waals surface area contributed by atoms with Crippen LogP contribution in [-0.4, -0.2) is 18.9 Å². The Bertz CT molecular complexity index is 921. The van der Waals surface area contributed by atoms with Crippen LogP contribution in [0.25, 0.3) is 0 Å². The summed E-state index contributed by atoms with van der Waals surface area (Å²) in [4.78, 5) is 24.1. The van der Waals surface area contributed by atoms with Crippen molar-refractivity contribution >= 4 is 11.8 Å². The summed E-state index contributed by atoms with van der Waals surface area (Å²) < 4.78 is 10.5. The summed E-state index contributed by atoms with van der Waals surface area (Å²) >= 11 is 0. The van der Waals surface area contributed by atoms with Crippen LogP contribution in [0.4, 0.5) is 0 Å². The maximum Gasteiger partial charge on any atom is 0.374 e. The number of hydrogen-bond acceptors (Lipinski definition) is 4. The van der Waals surface area contributed by atoms with Crippen molar-refractivity contribution in [2.24, 2.45) is 28.6 Å². The SMILES string of the molecule is COC(=O)c1occc1C1CC[C@H]2[C@@H]3CCC4=CC(=O)C=C[C@]4(C)[C@H]3CC[C@]12C. The molecule has 0 aliphatic heterocycles. The number of fused-ring (bicyclic) bond motifs is 5. The molecule has 29 heavy (non-hydrogen) atoms. The molecular weight excluding hydrogens is 364 g/mol. The van der Waals surface area contributed by atoms with Crippen molar-refractivity contribution in [1.82, 2.24) is 0 Å². The van der Waals surface area contributed by atoms with Gasteiger partial charge in [-0.1, -0.05) is 25.5 Å². The number of esters is 1. The van der Waals surface area contributed by atoms with Gasteiger partial charge < -0.3 is 9.15 Å². The zero-order chi connectivity index (χ0) is 20.4. The molecule has 4 aliphatic rings. The van der Waals surface area contributed by atoms with E-state index < -0.39 is 0 Å². The van der Waals surface area contributed by atoms with Crippen LogP contribution in [0.5, 0.6) is 0 Å². The Kier molecular flexibility index (Phi) is 4.20. The van der Waals surface area contributed by atoms with Crippen molar-refractivity contribution in [1.29, 1.82) is 0 Å². The van der Waals surface area contributed by atoms with Gasteiger partial charge in [-0.25, -0.2) is 4.79 Å². The van der Waals surface area contributed by atoms with Gasteiger partial charge in [-0.2, -0.15) is 0 Å². The van der Waals surface area contributed by atoms with Crippen LogP contribution in [0.3, 0.4) is 0 Å². The first-order valence-corrected chi connectivity index (χ1v) is 11.0. The molecule has 4 heteroatoms. The zero-order valence-electron chi connectivity index (χ0n) is 17.6. The van der Waals surface area contributed by atoms with Gasteiger partial charge in [-0.3, -0.25) is 4.79 Å². The second-order valence-electron chi connectivity index (χ2n) is 9.97. The second-order valence-corrected chi connectivity index (χ2v) is 9.97. The summed E-state index contributed by atoms with van der Waals surface area (Å²) in [5.41, 5.74) is 2.58. The Balaban J connectivity index is 1.47. The van der Waals surface area contributed by atoms with E-state index in [0.717, 1.165) is 24.8 Å². The number of rotatable bonds is 2. The van der Waals surface area contributed by atoms with Crippen molar-refractivity contribution < 1.29 is 18.7 Å². The first-order valence-electron chi connectivity index (χ1n) is 11.0. The lowest BCUT2D eigenvalue weighted by atomic mass is 9.47. The standard InChI is InChI=1S/C25H30O4/c1-24-11-8-16(26)14-15(24)4-5-17-19-6-7-20(25(19,2)12-9-21(17)24)18-10-13-29-22(18)23(27)28-3/h8,10-11,13-14,17,19-21H,4-7,9,12H2,1-3H3/t17-,19-,20?,21-,24-,25-/m0/s1. The third kappa shape index (κ3) is 2.57. The fourth-order valence-electron chi connectivity index (χ4n) is 7.56. The van der Waals surface area contributed by atoms with Crippen molar-refractivity contribution in [2.45, 2.75) is 58.3 Å². The number of allylic oxidation sites excluding steroid dienone is 4. The van der Waals surface area contributed by atoms with Crippen LogP contribution in [0.2, 0.25) is 0 Å². The molecule has 3 fully saturated rings. The Morgan fingerprint density at radius 1 is 1.17 bits per heavy atom. The number of carbonyl (C=O) groups is 2. The number of ether oxygens (including phenoxy) is 1. The predicted molar refractivity (Wildman–Crippen MR) is 109 cm³/mol. The molecule has 1 aromatic rings. The van der Waals surface area contributed by atoms with Crippen LogP contribution >= 0.6 is 0 Å². The van der Waals surface area contributed by atoms with Gasteiger partial charge in [0.25, 0.3) is 0 Å². The molecule has 1 heterocycles. The molecule has 0 aromatic carbocycles. The van der Waals surface area contributed by atoms with Crippen molar-refractivity contribution in [3.8, 4) is 0 Å². The van der Waals surface area contributed by atoms with Gasteiger partial charge in [0.05, 0.1) is 13.4 Å². The van der Waals surface area contributed by atoms with E-state index in [1.54, 1.807) is 12.3 Å². The molecule has 0 bridgehead atoms. The molecule has 4 aliphatic carbocycles. The van der Waals surface area contributed by atoms with Crippen molar-refractivity contribution in [2.75, 3.05) is 7.11 Å². The summed E-state index contributed by atoms with van der Waals surface area (Å²) in [6, 6.07) is 1.98. The molecule has 1 unspecified atom stereocenters. The highest BCUT2D eigenvalue weighted by Gasteiger charge is 2.59. The number of hydrogen-bond donors (Lipinski definition) is 0. The lowest BCUT2D eigenvalue weighted by molar-refractivity contribution is -0.111. The predicted octanol–water partition coefficient (Wildman–Crippen LogP) is 5.46. The largest absolute Gasteiger partial charge is 0.463 e. The van der Waals surface area contributed by atoms with Gasteiger partial charge in [0.15, 0.2) is 5.78 Å². The summed E-state index contributed by atoms with van der Waals surface area (Å²) in [6.07, 6.45) is 14.3. The molecule has 0 radical (unpaired) electrons. The maximum atomic E-state index is 12.2. The first-order chi connectivity index (χ1) is 13.9. The van der Waals surface area contributed by atoms with Gasteiger partial charge >= 0.3 is 5.97 Å². The Hall–Kier alpha value is -2.10. The Morgan fingerprint density at radius 3 is 2.79 bits per heavy atom. The topological polar surface area (TPSA) is 56.5 Å². The van der Waals surface area contributed by atoms with Crippen LogP contribution < -0.4 is 0 Å². The molecule has 0 spiro atoms. The van der Waals surface area contributed by atoms with E-state index in [-0.39, 0.29) is 22.6 Å². The molecule has 154 valence electrons. The average Bonchev–Trinajstić information content (AvgIpc) is 3.31. The fraction of sp³-hybridized carbons (Fsp3) is 0.600. The minimum Gasteiger partial charge on any atom is -0.463 e. The third-order valence-electron chi connectivity index (χ3n) is 9.00. The highest BCUT2D eigenvalue weighted by atomic mass is 16.5. The molecular formula is C25H30O4. The minimum absolute atomic E-state index is 0.0308. The first kappa shape index (κ1) is 18.9. The lowest BCUT2D eigenvalue weighted by Gasteiger charge is -2.57. The van der Waals surface area contributed by atoms with E-state index in [4.69, 9.17) is 9.15 Å². The van der Waals surface area contributed by atoms with Crippen LogP contribution in [0, 0.1) is 28.6 Å².